The summed E-state index contributed by atoms with van der Waals surface area (Å²) in [4.78, 5) is 8.86. The fourth-order valence-corrected chi connectivity index (χ4v) is 1.92. The Morgan fingerprint density at radius 3 is 2.37 bits per heavy atom. The van der Waals surface area contributed by atoms with Gasteiger partial charge in [0, 0.05) is 25.1 Å². The highest BCUT2D eigenvalue weighted by molar-refractivity contribution is 14.0. The van der Waals surface area contributed by atoms with Crippen LogP contribution in [0.1, 0.15) is 59.2 Å². The molecule has 0 unspecified atom stereocenters. The van der Waals surface area contributed by atoms with Crippen molar-refractivity contribution < 1.29 is 14.0 Å². The molecule has 0 saturated carbocycles. The van der Waals surface area contributed by atoms with E-state index in [2.05, 4.69) is 32.7 Å². The van der Waals surface area contributed by atoms with Crippen molar-refractivity contribution in [2.45, 2.75) is 59.4 Å². The summed E-state index contributed by atoms with van der Waals surface area (Å²) in [5.41, 5.74) is -0.157. The maximum absolute atomic E-state index is 5.54. The average molecular weight is 497 g/mol. The molecule has 0 aromatic carbocycles. The van der Waals surface area contributed by atoms with E-state index in [-0.39, 0.29) is 29.4 Å². The summed E-state index contributed by atoms with van der Waals surface area (Å²) in [5, 5.41) is 10.4. The lowest BCUT2D eigenvalue weighted by Gasteiger charge is -2.11. The highest BCUT2D eigenvalue weighted by atomic mass is 127. The van der Waals surface area contributed by atoms with E-state index >= 15 is 0 Å². The molecular formula is C18H36IN5O3. The van der Waals surface area contributed by atoms with Crippen LogP contribution in [0, 0.1) is 0 Å². The number of nitrogens with zero attached hydrogens (tertiary/aromatic N) is 3. The molecule has 8 nitrogen and oxygen atoms in total. The summed E-state index contributed by atoms with van der Waals surface area (Å²) >= 11 is 0. The summed E-state index contributed by atoms with van der Waals surface area (Å²) in [6.07, 6.45) is 2.25. The topological polar surface area (TPSA) is 93.8 Å². The Morgan fingerprint density at radius 1 is 1.07 bits per heavy atom. The lowest BCUT2D eigenvalue weighted by Crippen LogP contribution is -2.39. The number of ether oxygens (including phenoxy) is 2. The molecule has 9 heteroatoms. The van der Waals surface area contributed by atoms with Gasteiger partial charge in [0.15, 0.2) is 11.8 Å². The van der Waals surface area contributed by atoms with Gasteiger partial charge >= 0.3 is 0 Å². The van der Waals surface area contributed by atoms with Crippen molar-refractivity contribution in [3.63, 3.8) is 0 Å². The van der Waals surface area contributed by atoms with Crippen LogP contribution in [0.3, 0.4) is 0 Å². The molecule has 0 amide bonds. The molecule has 0 aliphatic carbocycles. The zero-order valence-electron chi connectivity index (χ0n) is 17.3. The molecule has 2 N–H and O–H groups in total. The Kier molecular flexibility index (Phi) is 14.5. The van der Waals surface area contributed by atoms with Crippen molar-refractivity contribution in [1.82, 2.24) is 20.8 Å². The first-order chi connectivity index (χ1) is 12.5. The molecule has 1 aromatic rings. The van der Waals surface area contributed by atoms with E-state index in [9.17, 15) is 0 Å². The molecule has 1 heterocycles. The van der Waals surface area contributed by atoms with Gasteiger partial charge in [0.1, 0.15) is 6.54 Å². The largest absolute Gasteiger partial charge is 0.379 e. The lowest BCUT2D eigenvalue weighted by molar-refractivity contribution is 0.0487. The SMILES string of the molecule is CCCCOCCOCCNC(=NCc1noc(C(C)(C)C)n1)NCC.I. The first-order valence-corrected chi connectivity index (χ1v) is 9.48. The standard InChI is InChI=1S/C18H35N5O3.HI/c1-6-8-10-24-12-13-25-11-9-20-17(19-7-2)21-14-15-22-16(26-23-15)18(3,4)5;/h6-14H2,1-5H3,(H2,19,20,21);1H. The van der Waals surface area contributed by atoms with Crippen LogP contribution < -0.4 is 10.6 Å². The van der Waals surface area contributed by atoms with E-state index in [0.717, 1.165) is 26.0 Å². The number of halogens is 1. The molecule has 1 rings (SSSR count). The van der Waals surface area contributed by atoms with E-state index in [0.29, 0.717) is 50.6 Å². The quantitative estimate of drug-likeness (QED) is 0.199. The Hall–Kier alpha value is -0.940. The second kappa shape index (κ2) is 15.0. The predicted octanol–water partition coefficient (Wildman–Crippen LogP) is 2.87. The van der Waals surface area contributed by atoms with E-state index in [4.69, 9.17) is 14.0 Å². The van der Waals surface area contributed by atoms with E-state index in [1.54, 1.807) is 0 Å². The summed E-state index contributed by atoms with van der Waals surface area (Å²) < 4.78 is 16.3. The van der Waals surface area contributed by atoms with Crippen LogP contribution >= 0.6 is 24.0 Å². The number of rotatable bonds is 12. The molecule has 158 valence electrons. The summed E-state index contributed by atoms with van der Waals surface area (Å²) in [6, 6.07) is 0. The molecule has 0 radical (unpaired) electrons. The van der Waals surface area contributed by atoms with E-state index in [1.165, 1.54) is 0 Å². The highest BCUT2D eigenvalue weighted by Crippen LogP contribution is 2.19. The maximum Gasteiger partial charge on any atom is 0.232 e. The zero-order chi connectivity index (χ0) is 19.3. The van der Waals surface area contributed by atoms with Crippen molar-refractivity contribution in [3.05, 3.63) is 11.7 Å². The molecular weight excluding hydrogens is 461 g/mol. The molecule has 0 aliphatic rings. The van der Waals surface area contributed by atoms with Crippen molar-refractivity contribution in [1.29, 1.82) is 0 Å². The van der Waals surface area contributed by atoms with Crippen LogP contribution in [0.15, 0.2) is 9.52 Å². The van der Waals surface area contributed by atoms with Crippen LogP contribution in [0.5, 0.6) is 0 Å². The van der Waals surface area contributed by atoms with Gasteiger partial charge in [-0.15, -0.1) is 24.0 Å². The number of nitrogens with one attached hydrogen (secondary N) is 2. The average Bonchev–Trinajstić information content (AvgIpc) is 3.07. The third-order valence-corrected chi connectivity index (χ3v) is 3.39. The second-order valence-electron chi connectivity index (χ2n) is 6.97. The van der Waals surface area contributed by atoms with Crippen molar-refractivity contribution in [2.24, 2.45) is 4.99 Å². The molecule has 0 fully saturated rings. The summed E-state index contributed by atoms with van der Waals surface area (Å²) in [7, 11) is 0. The van der Waals surface area contributed by atoms with Gasteiger partial charge in [-0.1, -0.05) is 39.3 Å². The number of aliphatic imine (C=N–C) groups is 1. The van der Waals surface area contributed by atoms with Gasteiger partial charge in [-0.3, -0.25) is 0 Å². The van der Waals surface area contributed by atoms with Crippen LogP contribution in [0.2, 0.25) is 0 Å². The molecule has 0 spiro atoms. The Labute approximate surface area is 180 Å². The second-order valence-corrected chi connectivity index (χ2v) is 6.97. The number of hydrogen-bond donors (Lipinski definition) is 2. The minimum atomic E-state index is -0.157. The Balaban J connectivity index is 0.00000676. The van der Waals surface area contributed by atoms with Gasteiger partial charge in [-0.25, -0.2) is 4.99 Å². The minimum Gasteiger partial charge on any atom is -0.379 e. The van der Waals surface area contributed by atoms with Gasteiger partial charge < -0.3 is 24.6 Å². The monoisotopic (exact) mass is 497 g/mol. The van der Waals surface area contributed by atoms with Crippen LogP contribution in [0.25, 0.3) is 0 Å². The number of unbranched alkanes of at least 4 members (excludes halogenated alkanes) is 1. The van der Waals surface area contributed by atoms with Crippen molar-refractivity contribution in [2.75, 3.05) is 39.5 Å². The first-order valence-electron chi connectivity index (χ1n) is 9.48. The van der Waals surface area contributed by atoms with Gasteiger partial charge in [-0.05, 0) is 13.3 Å². The molecule has 0 saturated heterocycles. The minimum absolute atomic E-state index is 0. The van der Waals surface area contributed by atoms with Crippen molar-refractivity contribution >= 4 is 29.9 Å². The van der Waals surface area contributed by atoms with Crippen LogP contribution in [-0.4, -0.2) is 55.6 Å². The first kappa shape index (κ1) is 26.1. The van der Waals surface area contributed by atoms with Crippen LogP contribution in [0.4, 0.5) is 0 Å². The van der Waals surface area contributed by atoms with Crippen molar-refractivity contribution in [3.8, 4) is 0 Å². The highest BCUT2D eigenvalue weighted by Gasteiger charge is 2.21. The predicted molar refractivity (Wildman–Crippen MR) is 118 cm³/mol. The fraction of sp³-hybridized carbons (Fsp3) is 0.833. The molecule has 1 aromatic heterocycles. The third-order valence-electron chi connectivity index (χ3n) is 3.39. The normalized spacial score (nSPS) is 12.0. The lowest BCUT2D eigenvalue weighted by atomic mass is 9.97. The number of aromatic nitrogens is 2. The number of hydrogen-bond acceptors (Lipinski definition) is 6. The summed E-state index contributed by atoms with van der Waals surface area (Å²) in [5.74, 6) is 1.90. The van der Waals surface area contributed by atoms with E-state index < -0.39 is 0 Å². The molecule has 0 bridgehead atoms. The fourth-order valence-electron chi connectivity index (χ4n) is 1.92. The summed E-state index contributed by atoms with van der Waals surface area (Å²) in [6.45, 7) is 14.7. The maximum atomic E-state index is 5.54. The van der Waals surface area contributed by atoms with Gasteiger partial charge in [-0.2, -0.15) is 4.98 Å². The van der Waals surface area contributed by atoms with E-state index in [1.807, 2.05) is 27.7 Å². The Bertz CT molecular complexity index is 517. The molecule has 0 aliphatic heterocycles. The molecule has 0 atom stereocenters. The molecule has 27 heavy (non-hydrogen) atoms. The zero-order valence-corrected chi connectivity index (χ0v) is 19.7. The number of guanidine groups is 1. The smallest absolute Gasteiger partial charge is 0.232 e. The van der Waals surface area contributed by atoms with Gasteiger partial charge in [0.25, 0.3) is 0 Å². The third kappa shape index (κ3) is 12.2. The van der Waals surface area contributed by atoms with Gasteiger partial charge in [0.2, 0.25) is 5.89 Å². The van der Waals surface area contributed by atoms with Gasteiger partial charge in [0.05, 0.1) is 19.8 Å². The Morgan fingerprint density at radius 2 is 1.78 bits per heavy atom. The van der Waals surface area contributed by atoms with Crippen LogP contribution in [-0.2, 0) is 21.4 Å².